The highest BCUT2D eigenvalue weighted by molar-refractivity contribution is 5.90. The van der Waals surface area contributed by atoms with Gasteiger partial charge in [-0.05, 0) is 20.8 Å². The topological polar surface area (TPSA) is 142 Å². The van der Waals surface area contributed by atoms with Crippen LogP contribution in [0.5, 0.6) is 0 Å². The first-order valence-corrected chi connectivity index (χ1v) is 5.99. The Morgan fingerprint density at radius 3 is 2.05 bits per heavy atom. The third kappa shape index (κ3) is 7.19. The minimum atomic E-state index is -1.29. The summed E-state index contributed by atoms with van der Waals surface area (Å²) in [6, 6.07) is -1.81. The predicted molar refractivity (Wildman–Crippen MR) is 69.7 cm³/mol. The van der Waals surface area contributed by atoms with Gasteiger partial charge in [-0.25, -0.2) is 4.79 Å². The largest absolute Gasteiger partial charge is 0.480 e. The first-order valence-electron chi connectivity index (χ1n) is 5.99. The quantitative estimate of drug-likeness (QED) is 0.450. The number of urea groups is 1. The number of carbonyl (C=O) groups excluding carboxylic acids is 3. The number of hydrogen-bond donors (Lipinski definition) is 4. The van der Waals surface area contributed by atoms with E-state index in [0.29, 0.717) is 4.90 Å². The molecular weight excluding hydrogens is 268 g/mol. The van der Waals surface area contributed by atoms with Gasteiger partial charge in [-0.3, -0.25) is 14.4 Å². The normalized spacial score (nSPS) is 11.6. The van der Waals surface area contributed by atoms with Gasteiger partial charge < -0.3 is 26.4 Å². The summed E-state index contributed by atoms with van der Waals surface area (Å²) in [6.45, 7) is 3.73. The number of rotatable bonds is 7. The molecule has 0 aliphatic carbocycles. The number of nitrogens with zero attached hydrogens (tertiary/aromatic N) is 1. The monoisotopic (exact) mass is 288 g/mol. The summed E-state index contributed by atoms with van der Waals surface area (Å²) in [7, 11) is 0. The van der Waals surface area contributed by atoms with Crippen LogP contribution >= 0.6 is 0 Å². The Labute approximate surface area is 116 Å². The lowest BCUT2D eigenvalue weighted by Crippen LogP contribution is -2.53. The Morgan fingerprint density at radius 1 is 1.10 bits per heavy atom. The molecule has 0 aliphatic heterocycles. The van der Waals surface area contributed by atoms with Crippen molar-refractivity contribution in [3.05, 3.63) is 0 Å². The maximum absolute atomic E-state index is 11.8. The molecule has 0 fully saturated rings. The number of amides is 4. The fourth-order valence-corrected chi connectivity index (χ4v) is 1.30. The molecule has 5 N–H and O–H groups in total. The van der Waals surface area contributed by atoms with Gasteiger partial charge in [-0.2, -0.15) is 0 Å². The first-order chi connectivity index (χ1) is 9.13. The van der Waals surface area contributed by atoms with Crippen LogP contribution in [0.3, 0.4) is 0 Å². The van der Waals surface area contributed by atoms with Crippen molar-refractivity contribution in [2.45, 2.75) is 32.9 Å². The number of carboxylic acid groups (broad SMARTS) is 1. The molecule has 20 heavy (non-hydrogen) atoms. The molecule has 0 aromatic rings. The lowest BCUT2D eigenvalue weighted by atomic mass is 10.3. The maximum atomic E-state index is 11.8. The van der Waals surface area contributed by atoms with E-state index in [4.69, 9.17) is 10.8 Å². The van der Waals surface area contributed by atoms with Crippen molar-refractivity contribution in [3.63, 3.8) is 0 Å². The van der Waals surface area contributed by atoms with Crippen molar-refractivity contribution in [2.75, 3.05) is 13.1 Å². The predicted octanol–water partition coefficient (Wildman–Crippen LogP) is -1.52. The minimum Gasteiger partial charge on any atom is -0.480 e. The van der Waals surface area contributed by atoms with E-state index in [0.717, 1.165) is 0 Å². The molecule has 0 spiro atoms. The van der Waals surface area contributed by atoms with Crippen molar-refractivity contribution < 1.29 is 24.3 Å². The number of primary amides is 1. The summed E-state index contributed by atoms with van der Waals surface area (Å²) in [5.41, 5.74) is 4.93. The van der Waals surface area contributed by atoms with E-state index < -0.39 is 42.9 Å². The van der Waals surface area contributed by atoms with Crippen LogP contribution in [-0.2, 0) is 14.4 Å². The van der Waals surface area contributed by atoms with Crippen LogP contribution in [0.2, 0.25) is 0 Å². The Morgan fingerprint density at radius 2 is 1.65 bits per heavy atom. The summed E-state index contributed by atoms with van der Waals surface area (Å²) < 4.78 is 0. The number of hydrogen-bond acceptors (Lipinski definition) is 4. The van der Waals surface area contributed by atoms with Gasteiger partial charge in [0.15, 0.2) is 0 Å². The molecule has 4 amide bonds. The third-order valence-corrected chi connectivity index (χ3v) is 2.12. The second-order valence-electron chi connectivity index (χ2n) is 4.55. The Hall–Kier alpha value is -2.32. The third-order valence-electron chi connectivity index (χ3n) is 2.12. The van der Waals surface area contributed by atoms with Gasteiger partial charge in [0.25, 0.3) is 0 Å². The molecule has 114 valence electrons. The van der Waals surface area contributed by atoms with Crippen LogP contribution in [0.4, 0.5) is 4.79 Å². The summed E-state index contributed by atoms with van der Waals surface area (Å²) in [5.74, 6) is -2.55. The van der Waals surface area contributed by atoms with Gasteiger partial charge in [0.05, 0.1) is 0 Å². The highest BCUT2D eigenvalue weighted by atomic mass is 16.4. The van der Waals surface area contributed by atoms with Crippen molar-refractivity contribution in [1.82, 2.24) is 15.5 Å². The van der Waals surface area contributed by atoms with Gasteiger partial charge in [0, 0.05) is 6.04 Å². The van der Waals surface area contributed by atoms with Crippen LogP contribution in [-0.4, -0.2) is 59.0 Å². The summed E-state index contributed by atoms with van der Waals surface area (Å²) in [6.07, 6.45) is 0. The first kappa shape index (κ1) is 17.7. The molecule has 0 radical (unpaired) electrons. The van der Waals surface area contributed by atoms with Crippen LogP contribution < -0.4 is 16.4 Å². The number of nitrogens with two attached hydrogens (primary N) is 1. The molecule has 0 bridgehead atoms. The van der Waals surface area contributed by atoms with E-state index in [9.17, 15) is 19.2 Å². The van der Waals surface area contributed by atoms with E-state index in [1.165, 1.54) is 6.92 Å². The van der Waals surface area contributed by atoms with E-state index >= 15 is 0 Å². The second kappa shape index (κ2) is 7.97. The minimum absolute atomic E-state index is 0.0948. The van der Waals surface area contributed by atoms with E-state index in [2.05, 4.69) is 10.6 Å². The number of carboxylic acids is 1. The van der Waals surface area contributed by atoms with Crippen LogP contribution in [0.15, 0.2) is 0 Å². The van der Waals surface area contributed by atoms with Gasteiger partial charge in [0.2, 0.25) is 11.8 Å². The Balaban J connectivity index is 4.61. The molecule has 0 aromatic heterocycles. The number of aliphatic carboxylic acids is 1. The molecule has 0 aromatic carbocycles. The molecule has 0 rings (SSSR count). The molecule has 0 saturated heterocycles. The van der Waals surface area contributed by atoms with Crippen LogP contribution in [0, 0.1) is 0 Å². The zero-order valence-corrected chi connectivity index (χ0v) is 11.7. The van der Waals surface area contributed by atoms with Crippen LogP contribution in [0.25, 0.3) is 0 Å². The molecule has 0 heterocycles. The molecule has 0 saturated carbocycles. The average Bonchev–Trinajstić information content (AvgIpc) is 2.25. The number of carbonyl (C=O) groups is 4. The Bertz CT molecular complexity index is 380. The molecule has 0 aliphatic rings. The summed E-state index contributed by atoms with van der Waals surface area (Å²) in [5, 5.41) is 13.5. The highest BCUT2D eigenvalue weighted by Crippen LogP contribution is 1.93. The zero-order valence-electron chi connectivity index (χ0n) is 11.7. The van der Waals surface area contributed by atoms with E-state index in [1.807, 2.05) is 0 Å². The van der Waals surface area contributed by atoms with E-state index in [-0.39, 0.29) is 6.04 Å². The highest BCUT2D eigenvalue weighted by Gasteiger charge is 2.23. The fraction of sp³-hybridized carbons (Fsp3) is 0.636. The lowest BCUT2D eigenvalue weighted by Gasteiger charge is -2.22. The molecule has 1 unspecified atom stereocenters. The Kier molecular flexibility index (Phi) is 7.05. The van der Waals surface area contributed by atoms with Gasteiger partial charge >= 0.3 is 12.0 Å². The zero-order chi connectivity index (χ0) is 15.9. The number of nitrogens with one attached hydrogen (secondary N) is 2. The van der Waals surface area contributed by atoms with Crippen LogP contribution in [0.1, 0.15) is 20.8 Å². The second-order valence-corrected chi connectivity index (χ2v) is 4.55. The van der Waals surface area contributed by atoms with Gasteiger partial charge in [-0.15, -0.1) is 0 Å². The standard InChI is InChI=1S/C11H20N4O5/c1-6(2)13-10(19)7(3)14-11(20)15(4-8(12)16)5-9(17)18/h6-7H,4-5H2,1-3H3,(H2,12,16)(H,13,19)(H,14,20)(H,17,18). The SMILES string of the molecule is CC(C)NC(=O)C(C)NC(=O)N(CC(N)=O)CC(=O)O. The molecule has 1 atom stereocenters. The van der Waals surface area contributed by atoms with E-state index in [1.54, 1.807) is 13.8 Å². The fourth-order valence-electron chi connectivity index (χ4n) is 1.30. The van der Waals surface area contributed by atoms with Crippen molar-refractivity contribution >= 4 is 23.8 Å². The smallest absolute Gasteiger partial charge is 0.323 e. The van der Waals surface area contributed by atoms with Crippen molar-refractivity contribution in [2.24, 2.45) is 5.73 Å². The maximum Gasteiger partial charge on any atom is 0.323 e. The molecular formula is C11H20N4O5. The summed E-state index contributed by atoms with van der Waals surface area (Å²) >= 11 is 0. The van der Waals surface area contributed by atoms with Crippen molar-refractivity contribution in [1.29, 1.82) is 0 Å². The van der Waals surface area contributed by atoms with Gasteiger partial charge in [-0.1, -0.05) is 0 Å². The lowest BCUT2D eigenvalue weighted by molar-refractivity contribution is -0.137. The molecule has 9 nitrogen and oxygen atoms in total. The summed E-state index contributed by atoms with van der Waals surface area (Å²) in [4.78, 5) is 45.5. The molecule has 9 heteroatoms. The van der Waals surface area contributed by atoms with Crippen molar-refractivity contribution in [3.8, 4) is 0 Å². The average molecular weight is 288 g/mol. The van der Waals surface area contributed by atoms with Gasteiger partial charge in [0.1, 0.15) is 19.1 Å².